The number of aliphatic carboxylic acids is 1. The monoisotopic (exact) mass is 390 g/mol. The molecule has 0 aliphatic heterocycles. The molecule has 0 aliphatic rings. The lowest BCUT2D eigenvalue weighted by molar-refractivity contribution is -0.131. The molecule has 0 saturated carbocycles. The van der Waals surface area contributed by atoms with E-state index in [-0.39, 0.29) is 11.6 Å². The van der Waals surface area contributed by atoms with Gasteiger partial charge in [-0.25, -0.2) is 4.79 Å². The van der Waals surface area contributed by atoms with Gasteiger partial charge in [0.15, 0.2) is 0 Å². The molecule has 144 valence electrons. The number of halogens is 1. The number of aryl methyl sites for hydroxylation is 1. The number of carbonyl (C=O) groups is 2. The van der Waals surface area contributed by atoms with Gasteiger partial charge in [0.25, 0.3) is 0 Å². The van der Waals surface area contributed by atoms with Crippen molar-refractivity contribution >= 4 is 29.2 Å². The number of carboxylic acid groups (broad SMARTS) is 1. The highest BCUT2D eigenvalue weighted by Gasteiger charge is 2.07. The van der Waals surface area contributed by atoms with Gasteiger partial charge in [-0.05, 0) is 19.4 Å². The first kappa shape index (κ1) is 22.2. The van der Waals surface area contributed by atoms with E-state index in [0.717, 1.165) is 28.6 Å². The molecule has 0 radical (unpaired) electrons. The summed E-state index contributed by atoms with van der Waals surface area (Å²) in [6.45, 7) is 5.27. The number of benzene rings is 1. The van der Waals surface area contributed by atoms with Crippen molar-refractivity contribution in [3.63, 3.8) is 0 Å². The zero-order valence-corrected chi connectivity index (χ0v) is 16.5. The molecule has 1 heterocycles. The molecule has 0 spiro atoms. The van der Waals surface area contributed by atoms with Crippen LogP contribution >= 0.6 is 11.6 Å². The molecule has 0 atom stereocenters. The van der Waals surface area contributed by atoms with Crippen molar-refractivity contribution in [3.8, 4) is 5.75 Å². The summed E-state index contributed by atoms with van der Waals surface area (Å²) in [4.78, 5) is 25.6. The van der Waals surface area contributed by atoms with Crippen LogP contribution in [0.25, 0.3) is 5.70 Å². The van der Waals surface area contributed by atoms with E-state index in [4.69, 9.17) is 21.4 Å². The molecule has 0 fully saturated rings. The molecule has 1 amide bonds. The average molecular weight is 391 g/mol. The number of ether oxygens (including phenoxy) is 1. The molecule has 2 N–H and O–H groups in total. The smallest absolute Gasteiger partial charge is 0.330 e. The lowest BCUT2D eigenvalue weighted by Gasteiger charge is -2.09. The SMILES string of the molecule is CC(=O)NC(=CC(=O)O)c1ccccc1.COc1c(C)cnc(CCl)c1C. The van der Waals surface area contributed by atoms with Crippen molar-refractivity contribution in [3.05, 3.63) is 65.0 Å². The Bertz CT molecular complexity index is 820. The molecule has 1 aromatic heterocycles. The van der Waals surface area contributed by atoms with Gasteiger partial charge in [-0.1, -0.05) is 30.3 Å². The zero-order chi connectivity index (χ0) is 20.4. The van der Waals surface area contributed by atoms with Crippen LogP contribution in [0.4, 0.5) is 0 Å². The third-order valence-corrected chi connectivity index (χ3v) is 3.79. The van der Waals surface area contributed by atoms with Gasteiger partial charge in [-0.3, -0.25) is 9.78 Å². The average Bonchev–Trinajstić information content (AvgIpc) is 2.62. The highest BCUT2D eigenvalue weighted by molar-refractivity contribution is 6.17. The molecule has 1 aromatic carbocycles. The van der Waals surface area contributed by atoms with Crippen LogP contribution in [0, 0.1) is 13.8 Å². The standard InChI is InChI=1S/C11H11NO3.C9H12ClNO/c1-8(13)12-10(7-11(14)15)9-5-3-2-4-6-9;1-6-5-11-8(4-10)7(2)9(6)12-3/h2-7H,1H3,(H,12,13)(H,14,15);5H,4H2,1-3H3. The molecule has 0 bridgehead atoms. The molecule has 7 heteroatoms. The van der Waals surface area contributed by atoms with E-state index < -0.39 is 5.97 Å². The van der Waals surface area contributed by atoms with Crippen LogP contribution in [0.3, 0.4) is 0 Å². The Morgan fingerprint density at radius 2 is 1.89 bits per heavy atom. The van der Waals surface area contributed by atoms with Gasteiger partial charge in [0.05, 0.1) is 24.4 Å². The molecule has 2 aromatic rings. The van der Waals surface area contributed by atoms with Crippen molar-refractivity contribution in [2.75, 3.05) is 7.11 Å². The van der Waals surface area contributed by atoms with Crippen molar-refractivity contribution in [2.45, 2.75) is 26.7 Å². The van der Waals surface area contributed by atoms with Gasteiger partial charge >= 0.3 is 5.97 Å². The first-order valence-corrected chi connectivity index (χ1v) is 8.66. The molecule has 2 rings (SSSR count). The van der Waals surface area contributed by atoms with Crippen molar-refractivity contribution in [1.29, 1.82) is 0 Å². The van der Waals surface area contributed by atoms with Crippen molar-refractivity contribution < 1.29 is 19.4 Å². The van der Waals surface area contributed by atoms with E-state index in [1.54, 1.807) is 37.6 Å². The van der Waals surface area contributed by atoms with Gasteiger partial charge in [-0.2, -0.15) is 0 Å². The third-order valence-electron chi connectivity index (χ3n) is 3.54. The molecular weight excluding hydrogens is 368 g/mol. The van der Waals surface area contributed by atoms with Gasteiger partial charge in [-0.15, -0.1) is 11.6 Å². The van der Waals surface area contributed by atoms with Gasteiger partial charge in [0, 0.05) is 30.3 Å². The Balaban J connectivity index is 0.000000277. The Hall–Kier alpha value is -2.86. The Morgan fingerprint density at radius 1 is 1.26 bits per heavy atom. The number of carboxylic acids is 1. The Morgan fingerprint density at radius 3 is 2.37 bits per heavy atom. The molecule has 0 saturated heterocycles. The number of amides is 1. The minimum absolute atomic E-state index is 0.288. The van der Waals surface area contributed by atoms with Crippen molar-refractivity contribution in [1.82, 2.24) is 10.3 Å². The second kappa shape index (κ2) is 11.0. The molecular formula is C20H23ClN2O4. The molecule has 6 nitrogen and oxygen atoms in total. The lowest BCUT2D eigenvalue weighted by Crippen LogP contribution is -2.19. The summed E-state index contributed by atoms with van der Waals surface area (Å²) < 4.78 is 5.22. The molecule has 0 aliphatic carbocycles. The summed E-state index contributed by atoms with van der Waals surface area (Å²) in [6.07, 6.45) is 2.75. The fourth-order valence-electron chi connectivity index (χ4n) is 2.33. The number of alkyl halides is 1. The summed E-state index contributed by atoms with van der Waals surface area (Å²) in [6, 6.07) is 8.81. The number of hydrogen-bond donors (Lipinski definition) is 2. The normalized spacial score (nSPS) is 10.5. The summed E-state index contributed by atoms with van der Waals surface area (Å²) >= 11 is 5.70. The molecule has 0 unspecified atom stereocenters. The second-order valence-corrected chi connectivity index (χ2v) is 5.89. The van der Waals surface area contributed by atoms with Gasteiger partial charge in [0.2, 0.25) is 5.91 Å². The van der Waals surface area contributed by atoms with Crippen LogP contribution in [0.15, 0.2) is 42.6 Å². The van der Waals surface area contributed by atoms with E-state index in [1.807, 2.05) is 19.9 Å². The minimum Gasteiger partial charge on any atom is -0.496 e. The predicted octanol–water partition coefficient (Wildman–Crippen LogP) is 3.69. The van der Waals surface area contributed by atoms with Gasteiger partial charge < -0.3 is 15.2 Å². The summed E-state index contributed by atoms with van der Waals surface area (Å²) in [5.74, 6) is -0.0720. The summed E-state index contributed by atoms with van der Waals surface area (Å²) in [5.41, 5.74) is 3.92. The highest BCUT2D eigenvalue weighted by Crippen LogP contribution is 2.24. The van der Waals surface area contributed by atoms with E-state index >= 15 is 0 Å². The zero-order valence-electron chi connectivity index (χ0n) is 15.7. The Kier molecular flexibility index (Phi) is 9.02. The number of aromatic nitrogens is 1. The predicted molar refractivity (Wildman–Crippen MR) is 106 cm³/mol. The third kappa shape index (κ3) is 7.11. The maximum Gasteiger partial charge on any atom is 0.330 e. The number of rotatable bonds is 5. The van der Waals surface area contributed by atoms with Gasteiger partial charge in [0.1, 0.15) is 5.75 Å². The number of nitrogens with one attached hydrogen (secondary N) is 1. The van der Waals surface area contributed by atoms with Crippen LogP contribution in [-0.2, 0) is 15.5 Å². The van der Waals surface area contributed by atoms with Crippen LogP contribution < -0.4 is 10.1 Å². The number of nitrogens with zero attached hydrogens (tertiary/aromatic N) is 1. The fraction of sp³-hybridized carbons (Fsp3) is 0.250. The lowest BCUT2D eigenvalue weighted by atomic mass is 10.1. The number of methoxy groups -OCH3 is 1. The first-order chi connectivity index (χ1) is 12.8. The molecule has 27 heavy (non-hydrogen) atoms. The largest absolute Gasteiger partial charge is 0.496 e. The summed E-state index contributed by atoms with van der Waals surface area (Å²) in [5, 5.41) is 11.1. The number of carbonyl (C=O) groups excluding carboxylic acids is 1. The van der Waals surface area contributed by atoms with Crippen LogP contribution in [-0.4, -0.2) is 29.1 Å². The maximum absolute atomic E-state index is 10.9. The van der Waals surface area contributed by atoms with E-state index in [1.165, 1.54) is 6.92 Å². The second-order valence-electron chi connectivity index (χ2n) is 5.62. The number of pyridine rings is 1. The fourth-order valence-corrected chi connectivity index (χ4v) is 2.60. The Labute approximate surface area is 163 Å². The first-order valence-electron chi connectivity index (χ1n) is 8.12. The highest BCUT2D eigenvalue weighted by atomic mass is 35.5. The number of hydrogen-bond acceptors (Lipinski definition) is 4. The van der Waals surface area contributed by atoms with Crippen LogP contribution in [0.1, 0.15) is 29.3 Å². The van der Waals surface area contributed by atoms with Crippen molar-refractivity contribution in [2.24, 2.45) is 0 Å². The van der Waals surface area contributed by atoms with E-state index in [0.29, 0.717) is 11.4 Å². The van der Waals surface area contributed by atoms with E-state index in [2.05, 4.69) is 10.3 Å². The topological polar surface area (TPSA) is 88.5 Å². The van der Waals surface area contributed by atoms with Crippen LogP contribution in [0.2, 0.25) is 0 Å². The maximum atomic E-state index is 10.9. The minimum atomic E-state index is -1.09. The van der Waals surface area contributed by atoms with E-state index in [9.17, 15) is 9.59 Å². The summed E-state index contributed by atoms with van der Waals surface area (Å²) in [7, 11) is 1.66. The quantitative estimate of drug-likeness (QED) is 0.600. The van der Waals surface area contributed by atoms with Crippen LogP contribution in [0.5, 0.6) is 5.75 Å².